The highest BCUT2D eigenvalue weighted by Gasteiger charge is 2.21. The molecule has 0 spiro atoms. The van der Waals surface area contributed by atoms with Gasteiger partial charge in [0.05, 0.1) is 0 Å². The van der Waals surface area contributed by atoms with E-state index in [0.717, 1.165) is 49.0 Å². The van der Waals surface area contributed by atoms with Crippen molar-refractivity contribution in [3.8, 4) is 0 Å². The highest BCUT2D eigenvalue weighted by atomic mass is 35.5. The van der Waals surface area contributed by atoms with E-state index in [1.807, 2.05) is 11.9 Å². The molecule has 1 N–H and O–H groups in total. The summed E-state index contributed by atoms with van der Waals surface area (Å²) in [6.07, 6.45) is 4.01. The van der Waals surface area contributed by atoms with E-state index in [0.29, 0.717) is 6.42 Å². The normalized spacial score (nSPS) is 15.3. The van der Waals surface area contributed by atoms with Crippen molar-refractivity contribution >= 4 is 30.1 Å². The largest absolute Gasteiger partial charge is 0.343 e. The Kier molecular flexibility index (Phi) is 9.60. The highest BCUT2D eigenvalue weighted by Crippen LogP contribution is 2.22. The van der Waals surface area contributed by atoms with Gasteiger partial charge in [0, 0.05) is 30.2 Å². The van der Waals surface area contributed by atoms with Gasteiger partial charge in [-0.2, -0.15) is 0 Å². The number of piperidine rings is 1. The molecule has 1 aliphatic rings. The van der Waals surface area contributed by atoms with Crippen molar-refractivity contribution in [1.82, 2.24) is 10.2 Å². The molecule has 2 rings (SSSR count). The van der Waals surface area contributed by atoms with Gasteiger partial charge in [0.15, 0.2) is 0 Å². The predicted molar refractivity (Wildman–Crippen MR) is 96.8 cm³/mol. The minimum absolute atomic E-state index is 0. The summed E-state index contributed by atoms with van der Waals surface area (Å²) in [6, 6.07) is 6.44. The van der Waals surface area contributed by atoms with Crippen LogP contribution in [0.25, 0.3) is 0 Å². The number of benzene rings is 1. The number of nitrogens with zero attached hydrogens (tertiary/aromatic N) is 1. The smallest absolute Gasteiger partial charge is 0.223 e. The second kappa shape index (κ2) is 10.9. The third-order valence-corrected chi connectivity index (χ3v) is 5.18. The zero-order chi connectivity index (χ0) is 15.8. The Hall–Kier alpha value is -0.780. The van der Waals surface area contributed by atoms with Gasteiger partial charge in [-0.25, -0.2) is 4.39 Å². The summed E-state index contributed by atoms with van der Waals surface area (Å²) in [5, 5.41) is 3.19. The minimum atomic E-state index is -0.221. The number of hydrogen-bond acceptors (Lipinski definition) is 3. The van der Waals surface area contributed by atoms with Gasteiger partial charge in [0.25, 0.3) is 0 Å². The lowest BCUT2D eigenvalue weighted by Gasteiger charge is -2.32. The van der Waals surface area contributed by atoms with Crippen LogP contribution in [0, 0.1) is 11.7 Å². The van der Waals surface area contributed by atoms with Crippen LogP contribution in [0.15, 0.2) is 29.2 Å². The third kappa shape index (κ3) is 7.10. The molecule has 0 unspecified atom stereocenters. The molecule has 1 aromatic carbocycles. The van der Waals surface area contributed by atoms with E-state index >= 15 is 0 Å². The van der Waals surface area contributed by atoms with Crippen LogP contribution in [0.5, 0.6) is 0 Å². The van der Waals surface area contributed by atoms with Crippen molar-refractivity contribution in [3.63, 3.8) is 0 Å². The quantitative estimate of drug-likeness (QED) is 0.754. The van der Waals surface area contributed by atoms with Crippen LogP contribution < -0.4 is 5.32 Å². The maximum Gasteiger partial charge on any atom is 0.223 e. The van der Waals surface area contributed by atoms with Crippen LogP contribution in [0.3, 0.4) is 0 Å². The fourth-order valence-corrected chi connectivity index (χ4v) is 3.61. The van der Waals surface area contributed by atoms with Crippen LogP contribution in [-0.2, 0) is 4.79 Å². The number of amides is 1. The molecule has 0 bridgehead atoms. The van der Waals surface area contributed by atoms with E-state index in [1.54, 1.807) is 23.9 Å². The second-order valence-corrected chi connectivity index (χ2v) is 6.94. The number of hydrogen-bond donors (Lipinski definition) is 1. The third-order valence-electron chi connectivity index (χ3n) is 4.17. The summed E-state index contributed by atoms with van der Waals surface area (Å²) >= 11 is 1.61. The maximum atomic E-state index is 12.8. The Bertz CT molecular complexity index is 464. The Balaban J connectivity index is 0.00000264. The molecular formula is C17H26ClFN2OS. The highest BCUT2D eigenvalue weighted by molar-refractivity contribution is 7.99. The fourth-order valence-electron chi connectivity index (χ4n) is 2.76. The van der Waals surface area contributed by atoms with E-state index in [2.05, 4.69) is 5.32 Å². The number of thioether (sulfide) groups is 1. The van der Waals surface area contributed by atoms with Gasteiger partial charge in [-0.1, -0.05) is 0 Å². The first kappa shape index (κ1) is 20.3. The first-order chi connectivity index (χ1) is 10.7. The van der Waals surface area contributed by atoms with E-state index < -0.39 is 0 Å². The van der Waals surface area contributed by atoms with Crippen molar-refractivity contribution in [2.45, 2.75) is 30.6 Å². The Morgan fingerprint density at radius 1 is 1.30 bits per heavy atom. The molecule has 1 aliphatic heterocycles. The van der Waals surface area contributed by atoms with Crippen molar-refractivity contribution in [2.24, 2.45) is 5.92 Å². The molecule has 0 aromatic heterocycles. The Morgan fingerprint density at radius 3 is 2.57 bits per heavy atom. The summed E-state index contributed by atoms with van der Waals surface area (Å²) in [6.45, 7) is 2.86. The zero-order valence-electron chi connectivity index (χ0n) is 13.6. The zero-order valence-corrected chi connectivity index (χ0v) is 15.2. The van der Waals surface area contributed by atoms with Crippen molar-refractivity contribution in [1.29, 1.82) is 0 Å². The molecule has 0 radical (unpaired) electrons. The maximum absolute atomic E-state index is 12.8. The van der Waals surface area contributed by atoms with Crippen LogP contribution in [0.4, 0.5) is 4.39 Å². The number of rotatable bonds is 7. The number of carbonyl (C=O) groups excluding carboxylic acids is 1. The molecule has 1 fully saturated rings. The summed E-state index contributed by atoms with van der Waals surface area (Å²) < 4.78 is 12.8. The minimum Gasteiger partial charge on any atom is -0.343 e. The van der Waals surface area contributed by atoms with E-state index in [9.17, 15) is 9.18 Å². The average Bonchev–Trinajstić information content (AvgIpc) is 2.55. The summed E-state index contributed by atoms with van der Waals surface area (Å²) in [5.74, 6) is 1.54. The molecule has 0 saturated carbocycles. The second-order valence-electron chi connectivity index (χ2n) is 5.77. The van der Waals surface area contributed by atoms with Gasteiger partial charge >= 0.3 is 0 Å². The van der Waals surface area contributed by atoms with Gasteiger partial charge in [-0.15, -0.1) is 24.2 Å². The standard InChI is InChI=1S/C17H25FN2OS.ClH/c1-19-10-6-14-7-11-20(12-8-14)17(21)9-13-22-16-4-2-15(18)3-5-16;/h2-5,14,19H,6-13H2,1H3;1H. The number of nitrogens with one attached hydrogen (secondary N) is 1. The first-order valence-electron chi connectivity index (χ1n) is 8.00. The van der Waals surface area contributed by atoms with Crippen molar-refractivity contribution in [2.75, 3.05) is 32.4 Å². The molecule has 1 saturated heterocycles. The van der Waals surface area contributed by atoms with Crippen molar-refractivity contribution < 1.29 is 9.18 Å². The first-order valence-corrected chi connectivity index (χ1v) is 8.98. The van der Waals surface area contributed by atoms with Crippen LogP contribution in [0.2, 0.25) is 0 Å². The monoisotopic (exact) mass is 360 g/mol. The molecule has 6 heteroatoms. The molecule has 23 heavy (non-hydrogen) atoms. The lowest BCUT2D eigenvalue weighted by Crippen LogP contribution is -2.39. The lowest BCUT2D eigenvalue weighted by atomic mass is 9.93. The van der Waals surface area contributed by atoms with Gasteiger partial charge < -0.3 is 10.2 Å². The molecule has 0 atom stereocenters. The molecule has 1 amide bonds. The van der Waals surface area contributed by atoms with E-state index in [1.165, 1.54) is 18.6 Å². The molecule has 3 nitrogen and oxygen atoms in total. The van der Waals surface area contributed by atoms with Gasteiger partial charge in [-0.3, -0.25) is 4.79 Å². The lowest BCUT2D eigenvalue weighted by molar-refractivity contribution is -0.132. The van der Waals surface area contributed by atoms with Crippen molar-refractivity contribution in [3.05, 3.63) is 30.1 Å². The van der Waals surface area contributed by atoms with Crippen LogP contribution in [-0.4, -0.2) is 43.2 Å². The van der Waals surface area contributed by atoms with Gasteiger partial charge in [-0.05, 0) is 63.0 Å². The molecule has 1 heterocycles. The molecular weight excluding hydrogens is 335 g/mol. The number of halogens is 2. The summed E-state index contributed by atoms with van der Waals surface area (Å²) in [5.41, 5.74) is 0. The Morgan fingerprint density at radius 2 is 1.96 bits per heavy atom. The average molecular weight is 361 g/mol. The number of likely N-dealkylation sites (tertiary alicyclic amines) is 1. The Labute approximate surface area is 148 Å². The van der Waals surface area contributed by atoms with E-state index in [4.69, 9.17) is 0 Å². The fraction of sp³-hybridized carbons (Fsp3) is 0.588. The predicted octanol–water partition coefficient (Wildman–Crippen LogP) is 3.58. The molecule has 0 aliphatic carbocycles. The SMILES string of the molecule is CNCCC1CCN(C(=O)CCSc2ccc(F)cc2)CC1.Cl. The molecule has 130 valence electrons. The number of carbonyl (C=O) groups is 1. The topological polar surface area (TPSA) is 32.3 Å². The molecule has 1 aromatic rings. The van der Waals surface area contributed by atoms with Gasteiger partial charge in [0.1, 0.15) is 5.82 Å². The van der Waals surface area contributed by atoms with E-state index in [-0.39, 0.29) is 24.1 Å². The summed E-state index contributed by atoms with van der Waals surface area (Å²) in [4.78, 5) is 15.2. The summed E-state index contributed by atoms with van der Waals surface area (Å²) in [7, 11) is 1.98. The van der Waals surface area contributed by atoms with Crippen LogP contribution >= 0.6 is 24.2 Å². The van der Waals surface area contributed by atoms with Gasteiger partial charge in [0.2, 0.25) is 5.91 Å². The van der Waals surface area contributed by atoms with Crippen LogP contribution in [0.1, 0.15) is 25.7 Å².